The van der Waals surface area contributed by atoms with Gasteiger partial charge in [-0.3, -0.25) is 0 Å². The minimum atomic E-state index is 1.05. The van der Waals surface area contributed by atoms with Crippen molar-refractivity contribution in [3.63, 3.8) is 0 Å². The molecule has 0 atom stereocenters. The topological polar surface area (TPSA) is 24.1 Å². The fourth-order valence-electron chi connectivity index (χ4n) is 5.12. The molecule has 2 N–H and O–H groups in total. The van der Waals surface area contributed by atoms with Crippen LogP contribution in [0.4, 0.5) is 22.7 Å². The molecule has 176 valence electrons. The molecule has 2 heteroatoms. The first-order valence-electron chi connectivity index (χ1n) is 12.8. The van der Waals surface area contributed by atoms with Crippen molar-refractivity contribution in [2.45, 2.75) is 26.7 Å². The van der Waals surface area contributed by atoms with Gasteiger partial charge >= 0.3 is 0 Å². The van der Waals surface area contributed by atoms with E-state index in [4.69, 9.17) is 0 Å². The van der Waals surface area contributed by atoms with Crippen molar-refractivity contribution in [2.75, 3.05) is 10.6 Å². The molecule has 6 rings (SSSR count). The van der Waals surface area contributed by atoms with Crippen molar-refractivity contribution in [1.29, 1.82) is 0 Å². The molecule has 0 aliphatic heterocycles. The van der Waals surface area contributed by atoms with Gasteiger partial charge in [0.2, 0.25) is 0 Å². The largest absolute Gasteiger partial charge is 0.355 e. The second-order valence-corrected chi connectivity index (χ2v) is 9.39. The smallest absolute Gasteiger partial charge is 0.0470 e. The van der Waals surface area contributed by atoms with Crippen molar-refractivity contribution in [3.05, 3.63) is 120 Å². The van der Waals surface area contributed by atoms with Gasteiger partial charge in [-0.15, -0.1) is 0 Å². The highest BCUT2D eigenvalue weighted by atomic mass is 14.9. The van der Waals surface area contributed by atoms with E-state index in [2.05, 4.69) is 134 Å². The fourth-order valence-corrected chi connectivity index (χ4v) is 5.12. The Morgan fingerprint density at radius 3 is 1.14 bits per heavy atom. The maximum absolute atomic E-state index is 3.70. The standard InChI is InChI=1S/C34H30N2/c1-3-23-13-17-25(18-14-23)35-33-21-31-28-10-6-8-12-30(28)34(36-26-19-15-24(4-2)16-20-26)22-32(31)27-9-5-7-11-29(27)33/h5-22,35-36H,3-4H2,1-2H3. The molecule has 6 aromatic carbocycles. The van der Waals surface area contributed by atoms with Crippen LogP contribution in [0.5, 0.6) is 0 Å². The summed E-state index contributed by atoms with van der Waals surface area (Å²) in [5.74, 6) is 0. The molecule has 0 aromatic heterocycles. The van der Waals surface area contributed by atoms with Gasteiger partial charge in [0.25, 0.3) is 0 Å². The summed E-state index contributed by atoms with van der Waals surface area (Å²) in [6, 6.07) is 39.5. The van der Waals surface area contributed by atoms with Crippen molar-refractivity contribution < 1.29 is 0 Å². The average molecular weight is 467 g/mol. The van der Waals surface area contributed by atoms with Gasteiger partial charge < -0.3 is 10.6 Å². The first-order valence-corrected chi connectivity index (χ1v) is 12.8. The summed E-state index contributed by atoms with van der Waals surface area (Å²) in [4.78, 5) is 0. The maximum atomic E-state index is 3.70. The Morgan fingerprint density at radius 2 is 0.778 bits per heavy atom. The van der Waals surface area contributed by atoms with Gasteiger partial charge in [0.15, 0.2) is 0 Å². The minimum Gasteiger partial charge on any atom is -0.355 e. The minimum absolute atomic E-state index is 1.05. The summed E-state index contributed by atoms with van der Waals surface area (Å²) in [7, 11) is 0. The Balaban J connectivity index is 1.54. The SMILES string of the molecule is CCc1ccc(Nc2cc3c4ccccc4c(Nc4ccc(CC)cc4)cc3c3ccccc23)cc1. The molecule has 0 aliphatic carbocycles. The summed E-state index contributed by atoms with van der Waals surface area (Å²) >= 11 is 0. The van der Waals surface area contributed by atoms with Crippen LogP contribution in [0.15, 0.2) is 109 Å². The molecule has 0 saturated carbocycles. The second-order valence-electron chi connectivity index (χ2n) is 9.39. The van der Waals surface area contributed by atoms with Gasteiger partial charge in [-0.25, -0.2) is 0 Å². The van der Waals surface area contributed by atoms with Gasteiger partial charge in [0, 0.05) is 33.5 Å². The molecule has 0 fully saturated rings. The van der Waals surface area contributed by atoms with Crippen molar-refractivity contribution >= 4 is 55.1 Å². The highest BCUT2D eigenvalue weighted by molar-refractivity contribution is 6.23. The van der Waals surface area contributed by atoms with Gasteiger partial charge in [-0.2, -0.15) is 0 Å². The molecule has 6 aromatic rings. The van der Waals surface area contributed by atoms with Gasteiger partial charge in [-0.1, -0.05) is 86.6 Å². The zero-order chi connectivity index (χ0) is 24.5. The van der Waals surface area contributed by atoms with Crippen molar-refractivity contribution in [3.8, 4) is 0 Å². The third-order valence-electron chi connectivity index (χ3n) is 7.16. The number of anilines is 4. The highest BCUT2D eigenvalue weighted by Gasteiger charge is 2.13. The molecule has 0 bridgehead atoms. The van der Waals surface area contributed by atoms with E-state index in [0.717, 1.165) is 35.6 Å². The van der Waals surface area contributed by atoms with Crippen LogP contribution in [-0.2, 0) is 12.8 Å². The lowest BCUT2D eigenvalue weighted by molar-refractivity contribution is 1.14. The number of benzene rings is 6. The molecule has 0 unspecified atom stereocenters. The molecule has 2 nitrogen and oxygen atoms in total. The quantitative estimate of drug-likeness (QED) is 0.239. The van der Waals surface area contributed by atoms with Gasteiger partial charge in [0.05, 0.1) is 0 Å². The summed E-state index contributed by atoms with van der Waals surface area (Å²) in [5, 5.41) is 14.9. The molecular formula is C34H30N2. The van der Waals surface area contributed by atoms with Crippen LogP contribution in [0.3, 0.4) is 0 Å². The Morgan fingerprint density at radius 1 is 0.417 bits per heavy atom. The summed E-state index contributed by atoms with van der Waals surface area (Å²) in [5.41, 5.74) is 7.16. The Bertz CT molecular complexity index is 1550. The van der Waals surface area contributed by atoms with E-state index in [0.29, 0.717) is 0 Å². The number of fused-ring (bicyclic) bond motifs is 5. The predicted octanol–water partition coefficient (Wildman–Crippen LogP) is 9.76. The molecule has 0 aliphatic rings. The zero-order valence-corrected chi connectivity index (χ0v) is 20.8. The van der Waals surface area contributed by atoms with Crippen LogP contribution in [-0.4, -0.2) is 0 Å². The van der Waals surface area contributed by atoms with Crippen LogP contribution < -0.4 is 10.6 Å². The van der Waals surface area contributed by atoms with Crippen LogP contribution >= 0.6 is 0 Å². The summed E-state index contributed by atoms with van der Waals surface area (Å²) in [6.45, 7) is 4.38. The Hall–Kier alpha value is -4.30. The van der Waals surface area contributed by atoms with E-state index < -0.39 is 0 Å². The number of rotatable bonds is 6. The van der Waals surface area contributed by atoms with E-state index in [1.165, 1.54) is 43.4 Å². The van der Waals surface area contributed by atoms with E-state index in [-0.39, 0.29) is 0 Å². The van der Waals surface area contributed by atoms with Crippen molar-refractivity contribution in [2.24, 2.45) is 0 Å². The van der Waals surface area contributed by atoms with Crippen LogP contribution in [0, 0.1) is 0 Å². The molecule has 0 spiro atoms. The normalized spacial score (nSPS) is 11.3. The number of aryl methyl sites for hydroxylation is 2. The molecule has 36 heavy (non-hydrogen) atoms. The summed E-state index contributed by atoms with van der Waals surface area (Å²) < 4.78 is 0. The van der Waals surface area contributed by atoms with Crippen LogP contribution in [0.1, 0.15) is 25.0 Å². The lowest BCUT2D eigenvalue weighted by atomic mass is 9.94. The van der Waals surface area contributed by atoms with Gasteiger partial charge in [-0.05, 0) is 81.9 Å². The zero-order valence-electron chi connectivity index (χ0n) is 20.8. The van der Waals surface area contributed by atoms with E-state index >= 15 is 0 Å². The van der Waals surface area contributed by atoms with E-state index in [1.54, 1.807) is 0 Å². The number of nitrogens with one attached hydrogen (secondary N) is 2. The predicted molar refractivity (Wildman–Crippen MR) is 157 cm³/mol. The number of hydrogen-bond donors (Lipinski definition) is 2. The monoisotopic (exact) mass is 466 g/mol. The molecule has 0 saturated heterocycles. The maximum Gasteiger partial charge on any atom is 0.0470 e. The number of hydrogen-bond acceptors (Lipinski definition) is 2. The molecule has 0 amide bonds. The van der Waals surface area contributed by atoms with Crippen LogP contribution in [0.25, 0.3) is 32.3 Å². The third kappa shape index (κ3) is 4.05. The fraction of sp³-hybridized carbons (Fsp3) is 0.118. The second kappa shape index (κ2) is 9.39. The lowest BCUT2D eigenvalue weighted by Gasteiger charge is -2.17. The van der Waals surface area contributed by atoms with Gasteiger partial charge in [0.1, 0.15) is 0 Å². The molecular weight excluding hydrogens is 436 g/mol. The molecule has 0 radical (unpaired) electrons. The van der Waals surface area contributed by atoms with E-state index in [9.17, 15) is 0 Å². The van der Waals surface area contributed by atoms with Crippen molar-refractivity contribution in [1.82, 2.24) is 0 Å². The Labute approximate surface area is 212 Å². The first kappa shape index (κ1) is 22.2. The first-order chi connectivity index (χ1) is 17.7. The lowest BCUT2D eigenvalue weighted by Crippen LogP contribution is -1.96. The third-order valence-corrected chi connectivity index (χ3v) is 7.16. The Kier molecular flexibility index (Phi) is 5.79. The van der Waals surface area contributed by atoms with Crippen LogP contribution in [0.2, 0.25) is 0 Å². The molecule has 0 heterocycles. The summed E-state index contributed by atoms with van der Waals surface area (Å²) in [6.07, 6.45) is 2.09. The van der Waals surface area contributed by atoms with E-state index in [1.807, 2.05) is 0 Å². The highest BCUT2D eigenvalue weighted by Crippen LogP contribution is 2.40. The average Bonchev–Trinajstić information content (AvgIpc) is 2.94.